The molecule has 0 aliphatic carbocycles. The number of carbonyl (C=O) groups excluding carboxylic acids is 1. The Bertz CT molecular complexity index is 1000. The van der Waals surface area contributed by atoms with Gasteiger partial charge in [-0.3, -0.25) is 4.79 Å². The average molecular weight is 439 g/mol. The van der Waals surface area contributed by atoms with E-state index in [1.165, 1.54) is 5.56 Å². The molecule has 0 radical (unpaired) electrons. The van der Waals surface area contributed by atoms with Gasteiger partial charge in [-0.1, -0.05) is 41.1 Å². The van der Waals surface area contributed by atoms with Crippen molar-refractivity contribution in [3.05, 3.63) is 71.5 Å². The van der Waals surface area contributed by atoms with Gasteiger partial charge in [0.05, 0.1) is 0 Å². The van der Waals surface area contributed by atoms with E-state index in [1.807, 2.05) is 12.1 Å². The number of nitrogens with zero attached hydrogens (tertiary/aromatic N) is 3. The van der Waals surface area contributed by atoms with Crippen molar-refractivity contribution in [1.82, 2.24) is 9.97 Å². The third-order valence-electron chi connectivity index (χ3n) is 5.16. The Hall–Kier alpha value is -2.57. The molecule has 1 amide bonds. The van der Waals surface area contributed by atoms with E-state index in [9.17, 15) is 4.79 Å². The summed E-state index contributed by atoms with van der Waals surface area (Å²) in [6.07, 6.45) is 5.02. The van der Waals surface area contributed by atoms with Crippen LogP contribution in [0.4, 0.5) is 11.5 Å². The summed E-state index contributed by atoms with van der Waals surface area (Å²) in [7, 11) is 0. The van der Waals surface area contributed by atoms with Crippen molar-refractivity contribution in [3.8, 4) is 0 Å². The van der Waals surface area contributed by atoms with Gasteiger partial charge in [0.2, 0.25) is 5.91 Å². The normalized spacial score (nSPS) is 14.5. The largest absolute Gasteiger partial charge is 0.354 e. The number of benzene rings is 2. The van der Waals surface area contributed by atoms with Crippen LogP contribution in [-0.4, -0.2) is 29.0 Å². The Morgan fingerprint density at radius 1 is 1.03 bits per heavy atom. The van der Waals surface area contributed by atoms with Gasteiger partial charge in [0.1, 0.15) is 5.03 Å². The summed E-state index contributed by atoms with van der Waals surface area (Å²) in [5.74, 6) is 0.937. The number of aromatic nitrogens is 2. The van der Waals surface area contributed by atoms with Gasteiger partial charge in [-0.05, 0) is 56.2 Å². The Balaban J connectivity index is 1.38. The molecule has 1 aromatic heterocycles. The van der Waals surface area contributed by atoms with Crippen LogP contribution in [0.5, 0.6) is 0 Å². The molecule has 30 heavy (non-hydrogen) atoms. The molecule has 1 saturated heterocycles. The number of rotatable bonds is 5. The van der Waals surface area contributed by atoms with Crippen molar-refractivity contribution < 1.29 is 4.79 Å². The van der Waals surface area contributed by atoms with E-state index in [0.29, 0.717) is 5.02 Å². The summed E-state index contributed by atoms with van der Waals surface area (Å²) in [5, 5.41) is 4.54. The van der Waals surface area contributed by atoms with Gasteiger partial charge in [-0.25, -0.2) is 9.97 Å². The highest BCUT2D eigenvalue weighted by Gasteiger charge is 2.27. The Morgan fingerprint density at radius 2 is 1.70 bits per heavy atom. The van der Waals surface area contributed by atoms with Crippen LogP contribution in [0, 0.1) is 12.8 Å². The molecule has 2 heterocycles. The van der Waals surface area contributed by atoms with E-state index in [2.05, 4.69) is 51.4 Å². The van der Waals surface area contributed by atoms with E-state index in [1.54, 1.807) is 36.3 Å². The zero-order valence-electron chi connectivity index (χ0n) is 16.7. The van der Waals surface area contributed by atoms with E-state index in [-0.39, 0.29) is 11.8 Å². The predicted octanol–water partition coefficient (Wildman–Crippen LogP) is 5.44. The number of nitrogens with one attached hydrogen (secondary N) is 1. The minimum atomic E-state index is -0.0122. The van der Waals surface area contributed by atoms with Gasteiger partial charge in [-0.15, -0.1) is 0 Å². The number of aryl methyl sites for hydroxylation is 1. The quantitative estimate of drug-likeness (QED) is 0.574. The Labute approximate surface area is 185 Å². The van der Waals surface area contributed by atoms with Gasteiger partial charge in [0.15, 0.2) is 5.82 Å². The predicted molar refractivity (Wildman–Crippen MR) is 122 cm³/mol. The first-order chi connectivity index (χ1) is 14.6. The van der Waals surface area contributed by atoms with Crippen LogP contribution in [0.15, 0.2) is 70.8 Å². The first kappa shape index (κ1) is 20.7. The molecular formula is C23H23ClN4OS. The van der Waals surface area contributed by atoms with Gasteiger partial charge < -0.3 is 10.2 Å². The van der Waals surface area contributed by atoms with E-state index < -0.39 is 0 Å². The Kier molecular flexibility index (Phi) is 6.55. The Morgan fingerprint density at radius 3 is 2.40 bits per heavy atom. The van der Waals surface area contributed by atoms with Crippen LogP contribution in [0.2, 0.25) is 5.02 Å². The SMILES string of the molecule is Cc1ccc(Sc2nccnc2N2CCC(C(=O)Nc3ccc(Cl)cc3)CC2)cc1. The number of carbonyl (C=O) groups is 1. The molecule has 0 bridgehead atoms. The van der Waals surface area contributed by atoms with Crippen LogP contribution in [0.1, 0.15) is 18.4 Å². The topological polar surface area (TPSA) is 58.1 Å². The molecule has 2 aromatic carbocycles. The lowest BCUT2D eigenvalue weighted by atomic mass is 9.96. The smallest absolute Gasteiger partial charge is 0.227 e. The van der Waals surface area contributed by atoms with E-state index in [4.69, 9.17) is 11.6 Å². The zero-order chi connectivity index (χ0) is 20.9. The maximum absolute atomic E-state index is 12.6. The summed E-state index contributed by atoms with van der Waals surface area (Å²) in [5.41, 5.74) is 2.01. The highest BCUT2D eigenvalue weighted by atomic mass is 35.5. The molecule has 1 fully saturated rings. The lowest BCUT2D eigenvalue weighted by molar-refractivity contribution is -0.120. The molecule has 1 N–H and O–H groups in total. The van der Waals surface area contributed by atoms with Crippen LogP contribution in [-0.2, 0) is 4.79 Å². The van der Waals surface area contributed by atoms with E-state index in [0.717, 1.165) is 47.4 Å². The lowest BCUT2D eigenvalue weighted by Crippen LogP contribution is -2.38. The molecule has 0 spiro atoms. The van der Waals surface area contributed by atoms with Gasteiger partial charge in [0.25, 0.3) is 0 Å². The molecule has 5 nitrogen and oxygen atoms in total. The summed E-state index contributed by atoms with van der Waals surface area (Å²) < 4.78 is 0. The minimum absolute atomic E-state index is 0.0122. The van der Waals surface area contributed by atoms with Gasteiger partial charge in [0, 0.05) is 47.0 Å². The van der Waals surface area contributed by atoms with Crippen molar-refractivity contribution in [2.45, 2.75) is 29.7 Å². The molecule has 7 heteroatoms. The van der Waals surface area contributed by atoms with Gasteiger partial charge >= 0.3 is 0 Å². The molecule has 0 saturated carbocycles. The summed E-state index contributed by atoms with van der Waals surface area (Å²) >= 11 is 7.53. The standard InChI is InChI=1S/C23H23ClN4OS/c1-16-2-8-20(9-3-16)30-23-21(25-12-13-26-23)28-14-10-17(11-15-28)22(29)27-19-6-4-18(24)5-7-19/h2-9,12-13,17H,10-11,14-15H2,1H3,(H,27,29). The molecular weight excluding hydrogens is 416 g/mol. The lowest BCUT2D eigenvalue weighted by Gasteiger charge is -2.32. The molecule has 4 rings (SSSR count). The number of hydrogen-bond acceptors (Lipinski definition) is 5. The monoisotopic (exact) mass is 438 g/mol. The summed E-state index contributed by atoms with van der Waals surface area (Å²) in [4.78, 5) is 25.2. The molecule has 154 valence electrons. The number of anilines is 2. The minimum Gasteiger partial charge on any atom is -0.354 e. The summed E-state index contributed by atoms with van der Waals surface area (Å²) in [6, 6.07) is 15.6. The highest BCUT2D eigenvalue weighted by molar-refractivity contribution is 7.99. The highest BCUT2D eigenvalue weighted by Crippen LogP contribution is 2.34. The maximum atomic E-state index is 12.6. The molecule has 3 aromatic rings. The summed E-state index contributed by atoms with van der Waals surface area (Å²) in [6.45, 7) is 3.63. The fraction of sp³-hybridized carbons (Fsp3) is 0.261. The first-order valence-electron chi connectivity index (χ1n) is 9.95. The number of piperidine rings is 1. The van der Waals surface area contributed by atoms with Crippen molar-refractivity contribution in [1.29, 1.82) is 0 Å². The maximum Gasteiger partial charge on any atom is 0.227 e. The fourth-order valence-electron chi connectivity index (χ4n) is 3.46. The third kappa shape index (κ3) is 5.12. The van der Waals surface area contributed by atoms with E-state index >= 15 is 0 Å². The second-order valence-electron chi connectivity index (χ2n) is 7.36. The molecule has 0 atom stereocenters. The molecule has 1 aliphatic rings. The average Bonchev–Trinajstić information content (AvgIpc) is 2.77. The van der Waals surface area contributed by atoms with Crippen LogP contribution >= 0.6 is 23.4 Å². The molecule has 1 aliphatic heterocycles. The van der Waals surface area contributed by atoms with Crippen molar-refractivity contribution in [2.24, 2.45) is 5.92 Å². The van der Waals surface area contributed by atoms with Crippen molar-refractivity contribution >= 4 is 40.8 Å². The second kappa shape index (κ2) is 9.49. The number of amides is 1. The third-order valence-corrected chi connectivity index (χ3v) is 6.40. The zero-order valence-corrected chi connectivity index (χ0v) is 18.3. The van der Waals surface area contributed by atoms with Crippen LogP contribution < -0.4 is 10.2 Å². The fourth-order valence-corrected chi connectivity index (χ4v) is 4.46. The number of halogens is 1. The van der Waals surface area contributed by atoms with Crippen molar-refractivity contribution in [2.75, 3.05) is 23.3 Å². The van der Waals surface area contributed by atoms with Gasteiger partial charge in [-0.2, -0.15) is 0 Å². The van der Waals surface area contributed by atoms with Crippen LogP contribution in [0.25, 0.3) is 0 Å². The first-order valence-corrected chi connectivity index (χ1v) is 11.1. The molecule has 0 unspecified atom stereocenters. The second-order valence-corrected chi connectivity index (χ2v) is 8.86. The van der Waals surface area contributed by atoms with Crippen LogP contribution in [0.3, 0.4) is 0 Å². The number of hydrogen-bond donors (Lipinski definition) is 1. The van der Waals surface area contributed by atoms with Crippen molar-refractivity contribution in [3.63, 3.8) is 0 Å².